The molecule has 21 heavy (non-hydrogen) atoms. The lowest BCUT2D eigenvalue weighted by Crippen LogP contribution is -2.46. The van der Waals surface area contributed by atoms with E-state index in [2.05, 4.69) is 16.8 Å². The number of H-pyrrole nitrogens is 1. The van der Waals surface area contributed by atoms with Crippen LogP contribution in [0.2, 0.25) is 0 Å². The molecule has 0 aliphatic heterocycles. The van der Waals surface area contributed by atoms with E-state index in [4.69, 9.17) is 10.7 Å². The highest BCUT2D eigenvalue weighted by atomic mass is 16.1. The Balaban J connectivity index is 1.89. The van der Waals surface area contributed by atoms with Gasteiger partial charge in [0.15, 0.2) is 0 Å². The van der Waals surface area contributed by atoms with Gasteiger partial charge >= 0.3 is 0 Å². The van der Waals surface area contributed by atoms with E-state index in [-0.39, 0.29) is 5.56 Å². The number of hydrogen-bond donors (Lipinski definition) is 2. The Morgan fingerprint density at radius 2 is 2.10 bits per heavy atom. The lowest BCUT2D eigenvalue weighted by molar-refractivity contribution is 0.299. The number of anilines is 1. The minimum Gasteiger partial charge on any atom is -0.353 e. The van der Waals surface area contributed by atoms with Gasteiger partial charge in [0.2, 0.25) is 0 Å². The summed E-state index contributed by atoms with van der Waals surface area (Å²) in [7, 11) is 0. The molecular weight excluding hydrogens is 264 g/mol. The van der Waals surface area contributed by atoms with Crippen molar-refractivity contribution in [1.29, 1.82) is 0 Å². The van der Waals surface area contributed by atoms with Crippen molar-refractivity contribution in [3.63, 3.8) is 0 Å². The highest BCUT2D eigenvalue weighted by Crippen LogP contribution is 2.38. The number of nitrogens with one attached hydrogen (secondary N) is 1. The number of nitrogens with two attached hydrogens (primary N) is 1. The number of nitrogens with zero attached hydrogens (tertiary/aromatic N) is 2. The third kappa shape index (κ3) is 3.12. The van der Waals surface area contributed by atoms with E-state index in [1.165, 1.54) is 19.3 Å². The van der Waals surface area contributed by atoms with Crippen LogP contribution < -0.4 is 16.2 Å². The van der Waals surface area contributed by atoms with E-state index in [0.29, 0.717) is 17.9 Å². The molecule has 1 aromatic rings. The van der Waals surface area contributed by atoms with Gasteiger partial charge in [-0.2, -0.15) is 0 Å². The van der Waals surface area contributed by atoms with Gasteiger partial charge < -0.3 is 15.6 Å². The van der Waals surface area contributed by atoms with Gasteiger partial charge in [-0.05, 0) is 45.1 Å². The van der Waals surface area contributed by atoms with Crippen LogP contribution in [0.1, 0.15) is 57.2 Å². The molecule has 5 nitrogen and oxygen atoms in total. The van der Waals surface area contributed by atoms with Gasteiger partial charge in [-0.25, -0.2) is 4.98 Å². The van der Waals surface area contributed by atoms with E-state index in [1.54, 1.807) is 6.07 Å². The molecular formula is C16H26N4O. The van der Waals surface area contributed by atoms with Crippen LogP contribution in [0, 0.1) is 5.92 Å². The van der Waals surface area contributed by atoms with Gasteiger partial charge in [-0.1, -0.05) is 12.8 Å². The first-order valence-electron chi connectivity index (χ1n) is 8.31. The van der Waals surface area contributed by atoms with Crippen molar-refractivity contribution in [2.45, 2.75) is 57.4 Å². The third-order valence-electron chi connectivity index (χ3n) is 4.92. The number of hydrogen-bond acceptors (Lipinski definition) is 4. The van der Waals surface area contributed by atoms with Gasteiger partial charge in [0.1, 0.15) is 11.6 Å². The smallest absolute Gasteiger partial charge is 0.252 e. The summed E-state index contributed by atoms with van der Waals surface area (Å²) in [5.74, 6) is 2.70. The lowest BCUT2D eigenvalue weighted by Gasteiger charge is -2.40. The van der Waals surface area contributed by atoms with Crippen molar-refractivity contribution in [2.24, 2.45) is 11.7 Å². The quantitative estimate of drug-likeness (QED) is 0.869. The molecule has 2 saturated carbocycles. The fourth-order valence-corrected chi connectivity index (χ4v) is 3.60. The van der Waals surface area contributed by atoms with Crippen LogP contribution in [0.15, 0.2) is 10.9 Å². The van der Waals surface area contributed by atoms with Crippen LogP contribution in [0.3, 0.4) is 0 Å². The second-order valence-electron chi connectivity index (χ2n) is 6.40. The molecule has 0 radical (unpaired) electrons. The zero-order chi connectivity index (χ0) is 14.8. The first kappa shape index (κ1) is 14.6. The van der Waals surface area contributed by atoms with E-state index in [9.17, 15) is 4.79 Å². The molecule has 0 saturated heterocycles. The molecule has 2 aliphatic carbocycles. The summed E-state index contributed by atoms with van der Waals surface area (Å²) in [6, 6.07) is 2.08. The minimum absolute atomic E-state index is 0.0274. The first-order valence-corrected chi connectivity index (χ1v) is 8.31. The SMILES string of the molecule is CCN(c1cc(=O)[nH]c(C2CC2)n1)C1CCCCC1CN. The Morgan fingerprint density at radius 3 is 2.76 bits per heavy atom. The van der Waals surface area contributed by atoms with Crippen molar-refractivity contribution in [2.75, 3.05) is 18.0 Å². The van der Waals surface area contributed by atoms with Gasteiger partial charge in [0, 0.05) is 24.6 Å². The topological polar surface area (TPSA) is 75.0 Å². The molecule has 2 atom stereocenters. The monoisotopic (exact) mass is 290 g/mol. The molecule has 0 aromatic carbocycles. The average molecular weight is 290 g/mol. The van der Waals surface area contributed by atoms with Crippen LogP contribution >= 0.6 is 0 Å². The minimum atomic E-state index is -0.0274. The summed E-state index contributed by atoms with van der Waals surface area (Å²) in [4.78, 5) is 21.9. The second-order valence-corrected chi connectivity index (χ2v) is 6.40. The van der Waals surface area contributed by atoms with Crippen molar-refractivity contribution >= 4 is 5.82 Å². The molecule has 1 aromatic heterocycles. The Kier molecular flexibility index (Phi) is 4.29. The van der Waals surface area contributed by atoms with Crippen LogP contribution in [0.5, 0.6) is 0 Å². The molecule has 3 N–H and O–H groups in total. The van der Waals surface area contributed by atoms with Gasteiger partial charge in [0.05, 0.1) is 0 Å². The maximum atomic E-state index is 12.0. The van der Waals surface area contributed by atoms with Crippen LogP contribution in [0.25, 0.3) is 0 Å². The van der Waals surface area contributed by atoms with Crippen LogP contribution in [-0.4, -0.2) is 29.1 Å². The first-order chi connectivity index (χ1) is 10.2. The molecule has 0 spiro atoms. The third-order valence-corrected chi connectivity index (χ3v) is 4.92. The molecule has 2 fully saturated rings. The standard InChI is InChI=1S/C16H26N4O/c1-2-20(13-6-4-3-5-12(13)10-17)14-9-15(21)19-16(18-14)11-7-8-11/h9,11-13H,2-8,10,17H2,1H3,(H,18,19,21). The van der Waals surface area contributed by atoms with Crippen LogP contribution in [0.4, 0.5) is 5.82 Å². The summed E-state index contributed by atoms with van der Waals surface area (Å²) in [6.45, 7) is 3.74. The van der Waals surface area contributed by atoms with Gasteiger partial charge in [-0.3, -0.25) is 4.79 Å². The fourth-order valence-electron chi connectivity index (χ4n) is 3.60. The normalized spacial score (nSPS) is 25.8. The summed E-state index contributed by atoms with van der Waals surface area (Å²) >= 11 is 0. The Morgan fingerprint density at radius 1 is 1.33 bits per heavy atom. The summed E-state index contributed by atoms with van der Waals surface area (Å²) < 4.78 is 0. The highest BCUT2D eigenvalue weighted by molar-refractivity contribution is 5.40. The van der Waals surface area contributed by atoms with Crippen molar-refractivity contribution in [3.05, 3.63) is 22.2 Å². The van der Waals surface area contributed by atoms with Crippen LogP contribution in [-0.2, 0) is 0 Å². The molecule has 2 aliphatic rings. The maximum Gasteiger partial charge on any atom is 0.252 e. The van der Waals surface area contributed by atoms with Crippen molar-refractivity contribution in [1.82, 2.24) is 9.97 Å². The molecule has 0 bridgehead atoms. The van der Waals surface area contributed by atoms with Gasteiger partial charge in [-0.15, -0.1) is 0 Å². The predicted octanol–water partition coefficient (Wildman–Crippen LogP) is 1.99. The number of aromatic amines is 1. The average Bonchev–Trinajstić information content (AvgIpc) is 3.33. The molecule has 2 unspecified atom stereocenters. The van der Waals surface area contributed by atoms with Gasteiger partial charge in [0.25, 0.3) is 5.56 Å². The molecule has 0 amide bonds. The Hall–Kier alpha value is -1.36. The molecule has 5 heteroatoms. The molecule has 1 heterocycles. The predicted molar refractivity (Wildman–Crippen MR) is 84.7 cm³/mol. The number of rotatable bonds is 5. The zero-order valence-corrected chi connectivity index (χ0v) is 12.8. The largest absolute Gasteiger partial charge is 0.353 e. The van der Waals surface area contributed by atoms with E-state index >= 15 is 0 Å². The van der Waals surface area contributed by atoms with Crippen molar-refractivity contribution in [3.8, 4) is 0 Å². The lowest BCUT2D eigenvalue weighted by atomic mass is 9.83. The fraction of sp³-hybridized carbons (Fsp3) is 0.750. The van der Waals surface area contributed by atoms with E-state index in [0.717, 1.165) is 44.0 Å². The Labute approximate surface area is 125 Å². The summed E-state index contributed by atoms with van der Waals surface area (Å²) in [6.07, 6.45) is 7.16. The summed E-state index contributed by atoms with van der Waals surface area (Å²) in [5.41, 5.74) is 5.94. The number of aromatic nitrogens is 2. The molecule has 116 valence electrons. The Bertz CT molecular complexity index is 537. The highest BCUT2D eigenvalue weighted by Gasteiger charge is 2.31. The summed E-state index contributed by atoms with van der Waals surface area (Å²) in [5, 5.41) is 0. The molecule has 3 rings (SSSR count). The second kappa shape index (κ2) is 6.18. The van der Waals surface area contributed by atoms with Crippen molar-refractivity contribution < 1.29 is 0 Å². The van der Waals surface area contributed by atoms with E-state index in [1.807, 2.05) is 0 Å². The maximum absolute atomic E-state index is 12.0. The zero-order valence-electron chi connectivity index (χ0n) is 12.8. The van der Waals surface area contributed by atoms with E-state index < -0.39 is 0 Å².